The molecule has 0 aliphatic rings. The van der Waals surface area contributed by atoms with E-state index in [4.69, 9.17) is 5.73 Å². The highest BCUT2D eigenvalue weighted by Crippen LogP contribution is 2.07. The van der Waals surface area contributed by atoms with E-state index in [1.807, 2.05) is 31.5 Å². The van der Waals surface area contributed by atoms with Gasteiger partial charge >= 0.3 is 0 Å². The first-order chi connectivity index (χ1) is 8.20. The Morgan fingerprint density at radius 2 is 2.05 bits per heavy atom. The topological polar surface area (TPSA) is 55.7 Å². The second-order valence-corrected chi connectivity index (χ2v) is 4.02. The minimum atomic E-state index is 0. The third-order valence-corrected chi connectivity index (χ3v) is 2.77. The number of pyridine rings is 1. The van der Waals surface area contributed by atoms with Gasteiger partial charge in [-0.1, -0.05) is 13.0 Å². The van der Waals surface area contributed by atoms with Crippen LogP contribution in [0.15, 0.2) is 30.6 Å². The monoisotopic (exact) mass is 300 g/mol. The summed E-state index contributed by atoms with van der Waals surface area (Å²) in [5.74, 6) is 1.37. The van der Waals surface area contributed by atoms with Gasteiger partial charge in [0.05, 0.1) is 5.56 Å². The van der Waals surface area contributed by atoms with Crippen molar-refractivity contribution in [3.05, 3.63) is 47.7 Å². The normalized spacial score (nSPS) is 9.37. The number of hydrogen-bond acceptors (Lipinski definition) is 3. The molecule has 2 N–H and O–H groups in total. The average molecular weight is 301 g/mol. The SMILES string of the molecule is CCc1ncc(C[n+]2ccccc2C)c(N)n1.Cl.[Cl-]. The van der Waals surface area contributed by atoms with Crippen molar-refractivity contribution in [3.8, 4) is 0 Å². The zero-order valence-electron chi connectivity index (χ0n) is 11.0. The molecule has 2 aromatic rings. The molecular weight excluding hydrogens is 283 g/mol. The number of nitrogens with two attached hydrogens (primary N) is 1. The standard InChI is InChI=1S/C13H17N4.2ClH/c1-3-12-15-8-11(13(14)16-12)9-17-7-5-4-6-10(17)2;;/h4-8H,3,9H2,1-2H3,(H2,14,15,16);2*1H/q+1;;/p-1. The first kappa shape index (κ1) is 17.6. The molecule has 2 aromatic heterocycles. The Morgan fingerprint density at radius 3 is 2.63 bits per heavy atom. The molecule has 0 amide bonds. The molecule has 0 atom stereocenters. The van der Waals surface area contributed by atoms with E-state index in [1.54, 1.807) is 0 Å². The molecule has 0 saturated carbocycles. The Hall–Kier alpha value is -1.39. The van der Waals surface area contributed by atoms with Crippen LogP contribution in [0, 0.1) is 6.92 Å². The molecule has 0 saturated heterocycles. The third kappa shape index (κ3) is 4.33. The van der Waals surface area contributed by atoms with Gasteiger partial charge in [-0.25, -0.2) is 9.97 Å². The minimum absolute atomic E-state index is 0. The summed E-state index contributed by atoms with van der Waals surface area (Å²) in [6, 6.07) is 6.09. The number of aryl methyl sites for hydroxylation is 2. The summed E-state index contributed by atoms with van der Waals surface area (Å²) in [5, 5.41) is 0. The van der Waals surface area contributed by atoms with E-state index in [0.717, 1.165) is 17.8 Å². The first-order valence-corrected chi connectivity index (χ1v) is 5.76. The number of nitrogen functional groups attached to an aromatic ring is 1. The number of anilines is 1. The molecule has 2 rings (SSSR count). The predicted molar refractivity (Wildman–Crippen MR) is 73.5 cm³/mol. The molecule has 2 heterocycles. The summed E-state index contributed by atoms with van der Waals surface area (Å²) in [6.07, 6.45) is 4.66. The van der Waals surface area contributed by atoms with Gasteiger partial charge in [-0.05, 0) is 0 Å². The van der Waals surface area contributed by atoms with Crippen LogP contribution in [0.3, 0.4) is 0 Å². The average Bonchev–Trinajstić information content (AvgIpc) is 2.34. The molecular formula is C13H18Cl2N4. The first-order valence-electron chi connectivity index (χ1n) is 5.76. The van der Waals surface area contributed by atoms with Crippen LogP contribution in [0.5, 0.6) is 0 Å². The third-order valence-electron chi connectivity index (χ3n) is 2.77. The van der Waals surface area contributed by atoms with E-state index in [-0.39, 0.29) is 24.8 Å². The highest BCUT2D eigenvalue weighted by Gasteiger charge is 2.10. The van der Waals surface area contributed by atoms with Gasteiger partial charge in [0.2, 0.25) is 0 Å². The van der Waals surface area contributed by atoms with Crippen LogP contribution in [-0.4, -0.2) is 9.97 Å². The number of aromatic nitrogens is 3. The molecule has 0 radical (unpaired) electrons. The van der Waals surface area contributed by atoms with Gasteiger partial charge in [-0.2, -0.15) is 4.57 Å². The van der Waals surface area contributed by atoms with Gasteiger partial charge in [0.25, 0.3) is 0 Å². The molecule has 0 aliphatic heterocycles. The molecule has 0 aromatic carbocycles. The van der Waals surface area contributed by atoms with E-state index in [0.29, 0.717) is 12.4 Å². The van der Waals surface area contributed by atoms with Gasteiger partial charge in [0.15, 0.2) is 18.4 Å². The van der Waals surface area contributed by atoms with Crippen molar-refractivity contribution < 1.29 is 17.0 Å². The van der Waals surface area contributed by atoms with Crippen molar-refractivity contribution in [1.29, 1.82) is 0 Å². The van der Waals surface area contributed by atoms with Gasteiger partial charge in [0, 0.05) is 31.7 Å². The lowest BCUT2D eigenvalue weighted by atomic mass is 10.2. The number of halogens is 2. The maximum Gasteiger partial charge on any atom is 0.179 e. The van der Waals surface area contributed by atoms with Gasteiger partial charge < -0.3 is 18.1 Å². The molecule has 4 nitrogen and oxygen atoms in total. The van der Waals surface area contributed by atoms with Crippen molar-refractivity contribution in [1.82, 2.24) is 9.97 Å². The molecule has 0 bridgehead atoms. The Bertz CT molecular complexity index is 532. The summed E-state index contributed by atoms with van der Waals surface area (Å²) >= 11 is 0. The van der Waals surface area contributed by atoms with E-state index >= 15 is 0 Å². The maximum absolute atomic E-state index is 5.93. The van der Waals surface area contributed by atoms with Gasteiger partial charge in [-0.15, -0.1) is 12.4 Å². The van der Waals surface area contributed by atoms with Crippen LogP contribution in [-0.2, 0) is 13.0 Å². The zero-order chi connectivity index (χ0) is 12.3. The molecule has 19 heavy (non-hydrogen) atoms. The summed E-state index contributed by atoms with van der Waals surface area (Å²) in [7, 11) is 0. The zero-order valence-corrected chi connectivity index (χ0v) is 12.6. The number of nitrogens with zero attached hydrogens (tertiary/aromatic N) is 3. The van der Waals surface area contributed by atoms with Crippen molar-refractivity contribution in [2.45, 2.75) is 26.8 Å². The summed E-state index contributed by atoms with van der Waals surface area (Å²) in [6.45, 7) is 4.80. The van der Waals surface area contributed by atoms with Crippen LogP contribution < -0.4 is 22.7 Å². The highest BCUT2D eigenvalue weighted by molar-refractivity contribution is 5.85. The quantitative estimate of drug-likeness (QED) is 0.716. The lowest BCUT2D eigenvalue weighted by molar-refractivity contribution is -0.694. The van der Waals surface area contributed by atoms with E-state index in [9.17, 15) is 0 Å². The largest absolute Gasteiger partial charge is 1.00 e. The van der Waals surface area contributed by atoms with Crippen molar-refractivity contribution in [2.24, 2.45) is 0 Å². The van der Waals surface area contributed by atoms with Crippen molar-refractivity contribution in [3.63, 3.8) is 0 Å². The van der Waals surface area contributed by atoms with Gasteiger partial charge in [0.1, 0.15) is 11.6 Å². The number of rotatable bonds is 3. The van der Waals surface area contributed by atoms with Gasteiger partial charge in [-0.3, -0.25) is 0 Å². The van der Waals surface area contributed by atoms with E-state index < -0.39 is 0 Å². The predicted octanol–water partition coefficient (Wildman–Crippen LogP) is -1.31. The Kier molecular flexibility index (Phi) is 7.34. The Balaban J connectivity index is 0.00000162. The summed E-state index contributed by atoms with van der Waals surface area (Å²) < 4.78 is 2.13. The highest BCUT2D eigenvalue weighted by atomic mass is 35.5. The second kappa shape index (κ2) is 7.92. The Labute approximate surface area is 125 Å². The van der Waals surface area contributed by atoms with Crippen LogP contribution in [0.25, 0.3) is 0 Å². The van der Waals surface area contributed by atoms with E-state index in [1.165, 1.54) is 5.69 Å². The van der Waals surface area contributed by atoms with Crippen LogP contribution in [0.4, 0.5) is 5.82 Å². The summed E-state index contributed by atoms with van der Waals surface area (Å²) in [4.78, 5) is 8.55. The van der Waals surface area contributed by atoms with Crippen LogP contribution in [0.2, 0.25) is 0 Å². The fraction of sp³-hybridized carbons (Fsp3) is 0.308. The van der Waals surface area contributed by atoms with Crippen LogP contribution in [0.1, 0.15) is 24.0 Å². The smallest absolute Gasteiger partial charge is 0.179 e. The molecule has 0 spiro atoms. The minimum Gasteiger partial charge on any atom is -1.00 e. The fourth-order valence-electron chi connectivity index (χ4n) is 1.67. The fourth-order valence-corrected chi connectivity index (χ4v) is 1.67. The van der Waals surface area contributed by atoms with Crippen LogP contribution >= 0.6 is 12.4 Å². The maximum atomic E-state index is 5.93. The molecule has 0 unspecified atom stereocenters. The molecule has 6 heteroatoms. The van der Waals surface area contributed by atoms with Crippen molar-refractivity contribution >= 4 is 18.2 Å². The molecule has 0 aliphatic carbocycles. The number of hydrogen-bond donors (Lipinski definition) is 1. The van der Waals surface area contributed by atoms with E-state index in [2.05, 4.69) is 27.5 Å². The molecule has 104 valence electrons. The van der Waals surface area contributed by atoms with Crippen molar-refractivity contribution in [2.75, 3.05) is 5.73 Å². The lowest BCUT2D eigenvalue weighted by Crippen LogP contribution is -3.00. The second-order valence-electron chi connectivity index (χ2n) is 4.02. The molecule has 0 fully saturated rings. The Morgan fingerprint density at radius 1 is 1.32 bits per heavy atom. The summed E-state index contributed by atoms with van der Waals surface area (Å²) in [5.41, 5.74) is 8.08. The lowest BCUT2D eigenvalue weighted by Gasteiger charge is -2.04.